The van der Waals surface area contributed by atoms with Gasteiger partial charge in [0.25, 0.3) is 0 Å². The molecule has 6 heteroatoms. The Morgan fingerprint density at radius 3 is 1.96 bits per heavy atom. The Bertz CT molecular complexity index is 720. The fourth-order valence-electron chi connectivity index (χ4n) is 3.01. The van der Waals surface area contributed by atoms with E-state index in [4.69, 9.17) is 20.2 Å². The summed E-state index contributed by atoms with van der Waals surface area (Å²) in [5.41, 5.74) is 2.73. The van der Waals surface area contributed by atoms with Gasteiger partial charge < -0.3 is 20.1 Å². The number of aliphatic hydroxyl groups excluding tert-OH is 3. The van der Waals surface area contributed by atoms with Gasteiger partial charge in [-0.1, -0.05) is 24.3 Å². The number of hydrogen-bond donors (Lipinski definition) is 3. The molecular formula is C22H28N2O4. The number of nitriles is 1. The Morgan fingerprint density at radius 2 is 1.46 bits per heavy atom. The van der Waals surface area contributed by atoms with Gasteiger partial charge in [-0.25, -0.2) is 0 Å². The third-order valence-corrected chi connectivity index (χ3v) is 4.60. The zero-order valence-electron chi connectivity index (χ0n) is 16.0. The van der Waals surface area contributed by atoms with Crippen molar-refractivity contribution in [3.63, 3.8) is 0 Å². The van der Waals surface area contributed by atoms with Gasteiger partial charge in [-0.05, 0) is 47.7 Å². The summed E-state index contributed by atoms with van der Waals surface area (Å²) in [6.07, 6.45) is 0.682. The summed E-state index contributed by atoms with van der Waals surface area (Å²) in [6, 6.07) is 17.3. The van der Waals surface area contributed by atoms with E-state index in [9.17, 15) is 5.11 Å². The van der Waals surface area contributed by atoms with Crippen molar-refractivity contribution in [3.8, 4) is 22.9 Å². The van der Waals surface area contributed by atoms with Crippen LogP contribution in [0.15, 0.2) is 48.5 Å². The lowest BCUT2D eigenvalue weighted by atomic mass is 10.0. The first-order chi connectivity index (χ1) is 13.7. The lowest BCUT2D eigenvalue weighted by Crippen LogP contribution is -2.36. The molecule has 0 saturated carbocycles. The van der Waals surface area contributed by atoms with E-state index in [1.165, 1.54) is 0 Å². The molecule has 1 atom stereocenters. The van der Waals surface area contributed by atoms with Gasteiger partial charge in [-0.3, -0.25) is 4.90 Å². The van der Waals surface area contributed by atoms with Crippen LogP contribution in [0.2, 0.25) is 0 Å². The topological polar surface area (TPSA) is 97.0 Å². The van der Waals surface area contributed by atoms with Crippen LogP contribution in [-0.4, -0.2) is 66.3 Å². The summed E-state index contributed by atoms with van der Waals surface area (Å²) in [6.45, 7) is 2.14. The lowest BCUT2D eigenvalue weighted by molar-refractivity contribution is 0.110. The van der Waals surface area contributed by atoms with Crippen molar-refractivity contribution in [1.29, 1.82) is 5.26 Å². The summed E-state index contributed by atoms with van der Waals surface area (Å²) in [5, 5.41) is 36.6. The number of benzene rings is 2. The molecule has 0 aliphatic rings. The number of ether oxygens (including phenoxy) is 1. The van der Waals surface area contributed by atoms with Gasteiger partial charge in [0, 0.05) is 26.2 Å². The van der Waals surface area contributed by atoms with E-state index in [0.29, 0.717) is 38.2 Å². The molecule has 0 aliphatic carbocycles. The third-order valence-electron chi connectivity index (χ3n) is 4.60. The van der Waals surface area contributed by atoms with E-state index in [1.807, 2.05) is 41.3 Å². The Balaban J connectivity index is 1.83. The summed E-state index contributed by atoms with van der Waals surface area (Å²) in [7, 11) is 0. The molecule has 6 nitrogen and oxygen atoms in total. The van der Waals surface area contributed by atoms with Crippen LogP contribution in [0.4, 0.5) is 0 Å². The summed E-state index contributed by atoms with van der Waals surface area (Å²) < 4.78 is 5.80. The highest BCUT2D eigenvalue weighted by atomic mass is 16.5. The number of hydrogen-bond acceptors (Lipinski definition) is 6. The SMILES string of the molecule is N#Cc1ccc(-c2ccc(OCCC(CO)CN(CCO)CCO)cc2)cc1. The molecule has 0 heterocycles. The van der Waals surface area contributed by atoms with Crippen LogP contribution in [0.3, 0.4) is 0 Å². The number of rotatable bonds is 12. The van der Waals surface area contributed by atoms with Crippen molar-refractivity contribution in [2.24, 2.45) is 5.92 Å². The predicted octanol–water partition coefficient (Wildman–Crippen LogP) is 1.89. The zero-order valence-corrected chi connectivity index (χ0v) is 16.0. The Kier molecular flexibility index (Phi) is 9.46. The van der Waals surface area contributed by atoms with Crippen molar-refractivity contribution in [2.75, 3.05) is 46.1 Å². The quantitative estimate of drug-likeness (QED) is 0.517. The van der Waals surface area contributed by atoms with E-state index in [-0.39, 0.29) is 25.7 Å². The van der Waals surface area contributed by atoms with E-state index >= 15 is 0 Å². The highest BCUT2D eigenvalue weighted by Gasteiger charge is 2.13. The van der Waals surface area contributed by atoms with Gasteiger partial charge >= 0.3 is 0 Å². The maximum absolute atomic E-state index is 9.58. The fraction of sp³-hybridized carbons (Fsp3) is 0.409. The molecule has 3 N–H and O–H groups in total. The molecule has 0 amide bonds. The second kappa shape index (κ2) is 12.1. The fourth-order valence-corrected chi connectivity index (χ4v) is 3.01. The van der Waals surface area contributed by atoms with Gasteiger partial charge in [0.2, 0.25) is 0 Å². The standard InChI is InChI=1S/C22H28N2O4/c23-15-18-1-3-20(4-2-18)21-5-7-22(8-6-21)28-14-9-19(17-27)16-24(10-12-25)11-13-26/h1-8,19,25-27H,9-14,16-17H2. The molecule has 0 aromatic heterocycles. The molecule has 0 bridgehead atoms. The minimum Gasteiger partial charge on any atom is -0.494 e. The van der Waals surface area contributed by atoms with Crippen LogP contribution in [0.1, 0.15) is 12.0 Å². The van der Waals surface area contributed by atoms with Crippen LogP contribution < -0.4 is 4.74 Å². The van der Waals surface area contributed by atoms with Crippen LogP contribution in [0.25, 0.3) is 11.1 Å². The highest BCUT2D eigenvalue weighted by molar-refractivity contribution is 5.64. The molecule has 0 aliphatic heterocycles. The van der Waals surface area contributed by atoms with Crippen molar-refractivity contribution >= 4 is 0 Å². The monoisotopic (exact) mass is 384 g/mol. The predicted molar refractivity (Wildman–Crippen MR) is 108 cm³/mol. The minimum atomic E-state index is 0.0241. The van der Waals surface area contributed by atoms with E-state index < -0.39 is 0 Å². The first-order valence-electron chi connectivity index (χ1n) is 9.48. The second-order valence-electron chi connectivity index (χ2n) is 6.65. The minimum absolute atomic E-state index is 0.0241. The number of nitrogens with zero attached hydrogens (tertiary/aromatic N) is 2. The van der Waals surface area contributed by atoms with Crippen molar-refractivity contribution in [2.45, 2.75) is 6.42 Å². The van der Waals surface area contributed by atoms with Crippen LogP contribution in [-0.2, 0) is 0 Å². The van der Waals surface area contributed by atoms with Crippen molar-refractivity contribution in [3.05, 3.63) is 54.1 Å². The summed E-state index contributed by atoms with van der Waals surface area (Å²) in [5.74, 6) is 0.785. The van der Waals surface area contributed by atoms with Gasteiger partial charge in [-0.2, -0.15) is 5.26 Å². The molecule has 0 saturated heterocycles. The van der Waals surface area contributed by atoms with Crippen molar-refractivity contribution < 1.29 is 20.1 Å². The molecule has 0 fully saturated rings. The van der Waals surface area contributed by atoms with Gasteiger partial charge in [-0.15, -0.1) is 0 Å². The molecule has 2 aromatic rings. The molecule has 0 radical (unpaired) electrons. The first-order valence-corrected chi connectivity index (χ1v) is 9.48. The average molecular weight is 384 g/mol. The Morgan fingerprint density at radius 1 is 0.893 bits per heavy atom. The maximum atomic E-state index is 9.58. The molecular weight excluding hydrogens is 356 g/mol. The molecule has 2 aromatic carbocycles. The van der Waals surface area contributed by atoms with E-state index in [1.54, 1.807) is 12.1 Å². The largest absolute Gasteiger partial charge is 0.494 e. The third kappa shape index (κ3) is 6.95. The van der Waals surface area contributed by atoms with Crippen LogP contribution in [0, 0.1) is 17.2 Å². The van der Waals surface area contributed by atoms with Gasteiger partial charge in [0.05, 0.1) is 31.5 Å². The van der Waals surface area contributed by atoms with E-state index in [2.05, 4.69) is 6.07 Å². The number of aliphatic hydroxyl groups is 3. The molecule has 28 heavy (non-hydrogen) atoms. The zero-order chi connectivity index (χ0) is 20.2. The highest BCUT2D eigenvalue weighted by Crippen LogP contribution is 2.23. The van der Waals surface area contributed by atoms with E-state index in [0.717, 1.165) is 16.9 Å². The lowest BCUT2D eigenvalue weighted by Gasteiger charge is -2.25. The first kappa shape index (κ1) is 21.9. The molecule has 150 valence electrons. The average Bonchev–Trinajstić information content (AvgIpc) is 2.74. The van der Waals surface area contributed by atoms with Crippen LogP contribution >= 0.6 is 0 Å². The molecule has 1 unspecified atom stereocenters. The van der Waals surface area contributed by atoms with Gasteiger partial charge in [0.1, 0.15) is 5.75 Å². The summed E-state index contributed by atoms with van der Waals surface area (Å²) >= 11 is 0. The van der Waals surface area contributed by atoms with Gasteiger partial charge in [0.15, 0.2) is 0 Å². The normalized spacial score (nSPS) is 12.0. The smallest absolute Gasteiger partial charge is 0.119 e. The second-order valence-corrected chi connectivity index (χ2v) is 6.65. The van der Waals surface area contributed by atoms with Crippen LogP contribution in [0.5, 0.6) is 5.75 Å². The molecule has 0 spiro atoms. The Hall–Kier alpha value is -2.43. The molecule has 2 rings (SSSR count). The maximum Gasteiger partial charge on any atom is 0.119 e. The van der Waals surface area contributed by atoms with Crippen molar-refractivity contribution in [1.82, 2.24) is 4.90 Å². The summed E-state index contributed by atoms with van der Waals surface area (Å²) in [4.78, 5) is 1.94. The Labute approximate surface area is 166 Å².